The van der Waals surface area contributed by atoms with E-state index in [0.717, 1.165) is 0 Å². The molecule has 0 atom stereocenters. The Morgan fingerprint density at radius 1 is 0.238 bits per heavy atom. The van der Waals surface area contributed by atoms with Gasteiger partial charge in [0.15, 0.2) is 0 Å². The molecule has 0 aliphatic rings. The SMILES string of the molecule is c1ccc(-c2ccc(-c3c4ccccc4c(-c4ccccc4)c4cc(-c5cccc6ccccc56)ccc34)cc2)cc1. The van der Waals surface area contributed by atoms with Gasteiger partial charge in [0.2, 0.25) is 0 Å². The summed E-state index contributed by atoms with van der Waals surface area (Å²) in [5, 5.41) is 7.62. The van der Waals surface area contributed by atoms with Crippen LogP contribution in [0.15, 0.2) is 170 Å². The zero-order valence-electron chi connectivity index (χ0n) is 23.2. The van der Waals surface area contributed by atoms with E-state index in [0.29, 0.717) is 0 Å². The molecular formula is C42H28. The van der Waals surface area contributed by atoms with Crippen molar-refractivity contribution < 1.29 is 0 Å². The third kappa shape index (κ3) is 4.08. The van der Waals surface area contributed by atoms with E-state index in [1.165, 1.54) is 76.8 Å². The highest BCUT2D eigenvalue weighted by molar-refractivity contribution is 6.22. The molecule has 0 saturated heterocycles. The fourth-order valence-corrected chi connectivity index (χ4v) is 6.51. The number of hydrogen-bond donors (Lipinski definition) is 0. The van der Waals surface area contributed by atoms with Crippen LogP contribution in [0.1, 0.15) is 0 Å². The first-order valence-corrected chi connectivity index (χ1v) is 14.5. The molecule has 0 spiro atoms. The average molecular weight is 533 g/mol. The minimum atomic E-state index is 1.23. The highest BCUT2D eigenvalue weighted by atomic mass is 14.2. The standard InChI is InChI=1S/C42H28/c1-3-12-29(13-4-1)30-22-24-33(25-23-30)41-37-19-9-10-20-38(37)42(32-15-5-2-6-16-32)40-28-34(26-27-39(40)41)36-21-11-17-31-14-7-8-18-35(31)36/h1-28H. The molecule has 0 aliphatic heterocycles. The maximum atomic E-state index is 2.41. The van der Waals surface area contributed by atoms with Crippen LogP contribution in [0.5, 0.6) is 0 Å². The second kappa shape index (κ2) is 10.2. The van der Waals surface area contributed by atoms with E-state index < -0.39 is 0 Å². The van der Waals surface area contributed by atoms with Crippen molar-refractivity contribution in [1.82, 2.24) is 0 Å². The van der Waals surface area contributed by atoms with Crippen LogP contribution in [-0.4, -0.2) is 0 Å². The van der Waals surface area contributed by atoms with Crippen molar-refractivity contribution in [2.45, 2.75) is 0 Å². The predicted octanol–water partition coefficient (Wildman–Crippen LogP) is 11.8. The Balaban J connectivity index is 1.44. The topological polar surface area (TPSA) is 0 Å². The molecule has 0 fully saturated rings. The van der Waals surface area contributed by atoms with Crippen LogP contribution in [0.4, 0.5) is 0 Å². The van der Waals surface area contributed by atoms with E-state index >= 15 is 0 Å². The fourth-order valence-electron chi connectivity index (χ4n) is 6.51. The van der Waals surface area contributed by atoms with Crippen LogP contribution in [-0.2, 0) is 0 Å². The molecular weight excluding hydrogens is 504 g/mol. The number of fused-ring (bicyclic) bond motifs is 3. The highest BCUT2D eigenvalue weighted by Gasteiger charge is 2.18. The van der Waals surface area contributed by atoms with Crippen molar-refractivity contribution in [2.24, 2.45) is 0 Å². The molecule has 0 aliphatic carbocycles. The Bertz CT molecular complexity index is 2200. The second-order valence-corrected chi connectivity index (χ2v) is 10.9. The molecule has 0 radical (unpaired) electrons. The van der Waals surface area contributed by atoms with Crippen LogP contribution >= 0.6 is 0 Å². The van der Waals surface area contributed by atoms with E-state index in [9.17, 15) is 0 Å². The summed E-state index contributed by atoms with van der Waals surface area (Å²) >= 11 is 0. The first kappa shape index (κ1) is 24.3. The van der Waals surface area contributed by atoms with Crippen LogP contribution in [0.25, 0.3) is 76.8 Å². The van der Waals surface area contributed by atoms with Gasteiger partial charge in [-0.3, -0.25) is 0 Å². The van der Waals surface area contributed by atoms with E-state index in [1.807, 2.05) is 0 Å². The smallest absolute Gasteiger partial charge is 0.00262 e. The van der Waals surface area contributed by atoms with Crippen molar-refractivity contribution in [2.75, 3.05) is 0 Å². The van der Waals surface area contributed by atoms with E-state index in [-0.39, 0.29) is 0 Å². The molecule has 8 aromatic carbocycles. The summed E-state index contributed by atoms with van der Waals surface area (Å²) in [6.45, 7) is 0. The van der Waals surface area contributed by atoms with Gasteiger partial charge in [-0.1, -0.05) is 164 Å². The first-order chi connectivity index (χ1) is 20.8. The molecule has 0 heteroatoms. The van der Waals surface area contributed by atoms with Crippen LogP contribution < -0.4 is 0 Å². The molecule has 0 heterocycles. The van der Waals surface area contributed by atoms with Crippen molar-refractivity contribution in [3.05, 3.63) is 170 Å². The van der Waals surface area contributed by atoms with Crippen molar-refractivity contribution in [1.29, 1.82) is 0 Å². The van der Waals surface area contributed by atoms with Gasteiger partial charge in [-0.2, -0.15) is 0 Å². The summed E-state index contributed by atoms with van der Waals surface area (Å²) in [6, 6.07) is 61.7. The molecule has 8 rings (SSSR count). The van der Waals surface area contributed by atoms with Crippen molar-refractivity contribution in [3.63, 3.8) is 0 Å². The van der Waals surface area contributed by atoms with Gasteiger partial charge in [0.1, 0.15) is 0 Å². The minimum Gasteiger partial charge on any atom is -0.0622 e. The Morgan fingerprint density at radius 2 is 0.690 bits per heavy atom. The van der Waals surface area contributed by atoms with Gasteiger partial charge in [0.25, 0.3) is 0 Å². The molecule has 8 aromatic rings. The van der Waals surface area contributed by atoms with Gasteiger partial charge < -0.3 is 0 Å². The van der Waals surface area contributed by atoms with Crippen molar-refractivity contribution in [3.8, 4) is 44.5 Å². The summed E-state index contributed by atoms with van der Waals surface area (Å²) in [4.78, 5) is 0. The van der Waals surface area contributed by atoms with Crippen LogP contribution in [0.3, 0.4) is 0 Å². The van der Waals surface area contributed by atoms with Gasteiger partial charge in [-0.15, -0.1) is 0 Å². The lowest BCUT2D eigenvalue weighted by atomic mass is 9.84. The van der Waals surface area contributed by atoms with Crippen LogP contribution in [0, 0.1) is 0 Å². The molecule has 0 unspecified atom stereocenters. The summed E-state index contributed by atoms with van der Waals surface area (Å²) in [7, 11) is 0. The van der Waals surface area contributed by atoms with Crippen LogP contribution in [0.2, 0.25) is 0 Å². The normalized spacial score (nSPS) is 11.3. The Labute approximate surface area is 246 Å². The highest BCUT2D eigenvalue weighted by Crippen LogP contribution is 2.45. The maximum absolute atomic E-state index is 2.41. The van der Waals surface area contributed by atoms with E-state index in [1.54, 1.807) is 0 Å². The molecule has 0 amide bonds. The van der Waals surface area contributed by atoms with Crippen molar-refractivity contribution >= 4 is 32.3 Å². The molecule has 0 bridgehead atoms. The summed E-state index contributed by atoms with van der Waals surface area (Å²) in [5.41, 5.74) is 9.99. The second-order valence-electron chi connectivity index (χ2n) is 10.9. The number of benzene rings is 8. The molecule has 0 nitrogen and oxygen atoms in total. The number of hydrogen-bond acceptors (Lipinski definition) is 0. The van der Waals surface area contributed by atoms with E-state index in [2.05, 4.69) is 170 Å². The van der Waals surface area contributed by atoms with Gasteiger partial charge in [0.05, 0.1) is 0 Å². The molecule has 0 aromatic heterocycles. The zero-order chi connectivity index (χ0) is 27.9. The maximum Gasteiger partial charge on any atom is -0.00262 e. The largest absolute Gasteiger partial charge is 0.0622 e. The molecule has 42 heavy (non-hydrogen) atoms. The zero-order valence-corrected chi connectivity index (χ0v) is 23.2. The van der Waals surface area contributed by atoms with Gasteiger partial charge in [0, 0.05) is 0 Å². The lowest BCUT2D eigenvalue weighted by Crippen LogP contribution is -1.92. The minimum absolute atomic E-state index is 1.23. The van der Waals surface area contributed by atoms with Gasteiger partial charge in [-0.25, -0.2) is 0 Å². The fraction of sp³-hybridized carbons (Fsp3) is 0. The summed E-state index contributed by atoms with van der Waals surface area (Å²) in [6.07, 6.45) is 0. The summed E-state index contributed by atoms with van der Waals surface area (Å²) < 4.78 is 0. The summed E-state index contributed by atoms with van der Waals surface area (Å²) in [5.74, 6) is 0. The number of rotatable bonds is 4. The first-order valence-electron chi connectivity index (χ1n) is 14.5. The quantitative estimate of drug-likeness (QED) is 0.198. The Kier molecular flexibility index (Phi) is 5.90. The third-order valence-electron chi connectivity index (χ3n) is 8.47. The predicted molar refractivity (Wildman–Crippen MR) is 181 cm³/mol. The van der Waals surface area contributed by atoms with Gasteiger partial charge >= 0.3 is 0 Å². The monoisotopic (exact) mass is 532 g/mol. The lowest BCUT2D eigenvalue weighted by molar-refractivity contribution is 1.61. The Hall–Kier alpha value is -5.46. The third-order valence-corrected chi connectivity index (χ3v) is 8.47. The van der Waals surface area contributed by atoms with E-state index in [4.69, 9.17) is 0 Å². The Morgan fingerprint density at radius 3 is 1.40 bits per heavy atom. The molecule has 0 N–H and O–H groups in total. The molecule has 196 valence electrons. The van der Waals surface area contributed by atoms with Gasteiger partial charge in [-0.05, 0) is 82.9 Å². The lowest BCUT2D eigenvalue weighted by Gasteiger charge is -2.19. The average Bonchev–Trinajstić information content (AvgIpc) is 3.07. The molecule has 0 saturated carbocycles.